The molecule has 5 fully saturated rings. The van der Waals surface area contributed by atoms with E-state index in [2.05, 4.69) is 0 Å². The summed E-state index contributed by atoms with van der Waals surface area (Å²) in [6, 6.07) is 0. The van der Waals surface area contributed by atoms with Gasteiger partial charge >= 0.3 is 0 Å². The van der Waals surface area contributed by atoms with Crippen molar-refractivity contribution in [3.8, 4) is 0 Å². The van der Waals surface area contributed by atoms with Crippen molar-refractivity contribution in [3.63, 3.8) is 0 Å². The molecular formula is C27H46O2. The second kappa shape index (κ2) is 8.81. The van der Waals surface area contributed by atoms with Crippen molar-refractivity contribution in [2.45, 2.75) is 115 Å². The van der Waals surface area contributed by atoms with Crippen LogP contribution in [0.3, 0.4) is 0 Å². The Balaban J connectivity index is 1.57. The second-order valence-corrected chi connectivity index (χ2v) is 11.5. The van der Waals surface area contributed by atoms with Crippen LogP contribution in [0, 0.1) is 40.9 Å². The number of hydrogen-bond acceptors (Lipinski definition) is 2. The molecule has 5 saturated carbocycles. The summed E-state index contributed by atoms with van der Waals surface area (Å²) < 4.78 is 12.1. The zero-order valence-corrected chi connectivity index (χ0v) is 19.2. The van der Waals surface area contributed by atoms with Crippen molar-refractivity contribution < 1.29 is 9.47 Å². The number of rotatable bonds is 4. The van der Waals surface area contributed by atoms with Gasteiger partial charge < -0.3 is 9.47 Å². The fourth-order valence-corrected chi connectivity index (χ4v) is 10.1. The largest absolute Gasteiger partial charge is 0.381 e. The summed E-state index contributed by atoms with van der Waals surface area (Å²) in [4.78, 5) is 0. The zero-order valence-electron chi connectivity index (χ0n) is 19.2. The molecule has 0 aromatic rings. The third-order valence-corrected chi connectivity index (χ3v) is 10.8. The monoisotopic (exact) mass is 402 g/mol. The van der Waals surface area contributed by atoms with E-state index in [1.165, 1.54) is 89.9 Å². The van der Waals surface area contributed by atoms with Crippen molar-refractivity contribution in [3.05, 3.63) is 0 Å². The SMILES string of the molecule is COC1CCC(C2(C3CCCCC3OC)C3CCCCC3C3CCCCC32)CC1. The molecule has 0 N–H and O–H groups in total. The standard InChI is InChI=1S/C27H46O2/c1-28-20-17-15-19(16-18-20)27(25-13-7-8-14-26(25)29-2)23-11-5-3-9-21(23)22-10-4-6-12-24(22)27/h19-26H,3-18H2,1-2H3. The zero-order chi connectivity index (χ0) is 19.8. The molecule has 166 valence electrons. The van der Waals surface area contributed by atoms with Gasteiger partial charge in [-0.3, -0.25) is 0 Å². The quantitative estimate of drug-likeness (QED) is 0.503. The van der Waals surface area contributed by atoms with Crippen molar-refractivity contribution in [2.24, 2.45) is 40.9 Å². The van der Waals surface area contributed by atoms with E-state index in [9.17, 15) is 0 Å². The van der Waals surface area contributed by atoms with Gasteiger partial charge in [0.25, 0.3) is 0 Å². The molecule has 0 aromatic heterocycles. The Labute approximate surface area is 179 Å². The maximum Gasteiger partial charge on any atom is 0.0605 e. The molecule has 2 nitrogen and oxygen atoms in total. The summed E-state index contributed by atoms with van der Waals surface area (Å²) >= 11 is 0. The van der Waals surface area contributed by atoms with E-state index in [0.717, 1.165) is 35.5 Å². The summed E-state index contributed by atoms with van der Waals surface area (Å²) in [5.41, 5.74) is 0.593. The van der Waals surface area contributed by atoms with E-state index in [1.807, 2.05) is 14.2 Å². The second-order valence-electron chi connectivity index (χ2n) is 11.5. The van der Waals surface area contributed by atoms with Crippen LogP contribution in [-0.2, 0) is 9.47 Å². The van der Waals surface area contributed by atoms with Crippen molar-refractivity contribution in [2.75, 3.05) is 14.2 Å². The summed E-state index contributed by atoms with van der Waals surface area (Å²) in [5.74, 6) is 5.89. The minimum atomic E-state index is 0.526. The minimum Gasteiger partial charge on any atom is -0.381 e. The molecule has 5 aliphatic carbocycles. The maximum atomic E-state index is 6.31. The molecule has 5 rings (SSSR count). The van der Waals surface area contributed by atoms with Gasteiger partial charge in [-0.25, -0.2) is 0 Å². The molecule has 5 aliphatic rings. The number of ether oxygens (including phenoxy) is 2. The molecule has 0 aliphatic heterocycles. The first-order valence-electron chi connectivity index (χ1n) is 13.4. The summed E-state index contributed by atoms with van der Waals surface area (Å²) in [6.45, 7) is 0. The third kappa shape index (κ3) is 3.34. The average molecular weight is 403 g/mol. The normalized spacial score (nSPS) is 50.7. The van der Waals surface area contributed by atoms with Crippen LogP contribution < -0.4 is 0 Å². The molecule has 0 saturated heterocycles. The first kappa shape index (κ1) is 20.8. The lowest BCUT2D eigenvalue weighted by atomic mass is 9.48. The van der Waals surface area contributed by atoms with Gasteiger partial charge in [-0.2, -0.15) is 0 Å². The highest BCUT2D eigenvalue weighted by molar-refractivity contribution is 5.14. The molecule has 6 unspecified atom stereocenters. The van der Waals surface area contributed by atoms with Crippen LogP contribution in [-0.4, -0.2) is 26.4 Å². The number of hydrogen-bond donors (Lipinski definition) is 0. The Kier molecular flexibility index (Phi) is 6.32. The Morgan fingerprint density at radius 3 is 1.59 bits per heavy atom. The van der Waals surface area contributed by atoms with Gasteiger partial charge in [0.15, 0.2) is 0 Å². The van der Waals surface area contributed by atoms with Crippen LogP contribution in [0.1, 0.15) is 103 Å². The maximum absolute atomic E-state index is 6.31. The molecule has 0 amide bonds. The van der Waals surface area contributed by atoms with Crippen molar-refractivity contribution in [1.29, 1.82) is 0 Å². The topological polar surface area (TPSA) is 18.5 Å². The van der Waals surface area contributed by atoms with Gasteiger partial charge in [-0.1, -0.05) is 38.5 Å². The van der Waals surface area contributed by atoms with E-state index in [0.29, 0.717) is 17.6 Å². The summed E-state index contributed by atoms with van der Waals surface area (Å²) in [6.07, 6.45) is 24.3. The van der Waals surface area contributed by atoms with Crippen LogP contribution in [0.25, 0.3) is 0 Å². The molecule has 6 atom stereocenters. The van der Waals surface area contributed by atoms with Gasteiger partial charge in [0, 0.05) is 14.2 Å². The average Bonchev–Trinajstić information content (AvgIpc) is 3.10. The van der Waals surface area contributed by atoms with Crippen LogP contribution in [0.15, 0.2) is 0 Å². The summed E-state index contributed by atoms with van der Waals surface area (Å²) in [5, 5.41) is 0. The van der Waals surface area contributed by atoms with E-state index in [1.54, 1.807) is 12.8 Å². The predicted octanol–water partition coefficient (Wildman–Crippen LogP) is 7.01. The smallest absolute Gasteiger partial charge is 0.0605 e. The molecule has 2 heteroatoms. The molecule has 29 heavy (non-hydrogen) atoms. The highest BCUT2D eigenvalue weighted by Gasteiger charge is 2.66. The van der Waals surface area contributed by atoms with E-state index in [-0.39, 0.29) is 0 Å². The Morgan fingerprint density at radius 2 is 1.03 bits per heavy atom. The Morgan fingerprint density at radius 1 is 0.517 bits per heavy atom. The fourth-order valence-electron chi connectivity index (χ4n) is 10.1. The fraction of sp³-hybridized carbons (Fsp3) is 1.00. The van der Waals surface area contributed by atoms with E-state index < -0.39 is 0 Å². The van der Waals surface area contributed by atoms with Gasteiger partial charge in [-0.15, -0.1) is 0 Å². The molecule has 0 radical (unpaired) electrons. The van der Waals surface area contributed by atoms with Crippen LogP contribution in [0.2, 0.25) is 0 Å². The first-order valence-corrected chi connectivity index (χ1v) is 13.4. The first-order chi connectivity index (χ1) is 14.3. The third-order valence-electron chi connectivity index (χ3n) is 10.8. The lowest BCUT2D eigenvalue weighted by Gasteiger charge is -2.58. The molecule has 0 heterocycles. The van der Waals surface area contributed by atoms with Crippen molar-refractivity contribution >= 4 is 0 Å². The molecule has 0 spiro atoms. The van der Waals surface area contributed by atoms with Gasteiger partial charge in [0.1, 0.15) is 0 Å². The highest BCUT2D eigenvalue weighted by atomic mass is 16.5. The lowest BCUT2D eigenvalue weighted by molar-refractivity contribution is -0.134. The minimum absolute atomic E-state index is 0.526. The van der Waals surface area contributed by atoms with E-state index in [4.69, 9.17) is 9.47 Å². The molecular weight excluding hydrogens is 356 g/mol. The molecule has 0 aromatic carbocycles. The van der Waals surface area contributed by atoms with Crippen LogP contribution in [0.5, 0.6) is 0 Å². The van der Waals surface area contributed by atoms with Gasteiger partial charge in [0.05, 0.1) is 12.2 Å². The van der Waals surface area contributed by atoms with Crippen molar-refractivity contribution in [1.82, 2.24) is 0 Å². The summed E-state index contributed by atoms with van der Waals surface area (Å²) in [7, 11) is 3.97. The van der Waals surface area contributed by atoms with Crippen LogP contribution in [0.4, 0.5) is 0 Å². The number of fused-ring (bicyclic) bond motifs is 3. The van der Waals surface area contributed by atoms with Crippen LogP contribution >= 0.6 is 0 Å². The Bertz CT molecular complexity index is 515. The Hall–Kier alpha value is -0.0800. The van der Waals surface area contributed by atoms with E-state index >= 15 is 0 Å². The molecule has 0 bridgehead atoms. The van der Waals surface area contributed by atoms with Gasteiger partial charge in [0.2, 0.25) is 0 Å². The number of methoxy groups -OCH3 is 2. The lowest BCUT2D eigenvalue weighted by Crippen LogP contribution is -2.54. The highest BCUT2D eigenvalue weighted by Crippen LogP contribution is 2.71. The van der Waals surface area contributed by atoms with Gasteiger partial charge in [-0.05, 0) is 105 Å². The predicted molar refractivity (Wildman–Crippen MR) is 119 cm³/mol.